The van der Waals surface area contributed by atoms with Crippen molar-refractivity contribution in [3.05, 3.63) is 16.0 Å². The Kier molecular flexibility index (Phi) is 2.44. The average molecular weight is 168 g/mol. The SMILES string of the molecule is C#CC[C@H](C)c1ns[nH]c1=O. The van der Waals surface area contributed by atoms with Crippen molar-refractivity contribution in [3.8, 4) is 12.3 Å². The molecule has 4 heteroatoms. The third kappa shape index (κ3) is 1.69. The van der Waals surface area contributed by atoms with E-state index < -0.39 is 0 Å². The zero-order valence-electron chi connectivity index (χ0n) is 6.13. The molecular formula is C7H8N2OS. The molecule has 3 nitrogen and oxygen atoms in total. The molecule has 0 aromatic carbocycles. The van der Waals surface area contributed by atoms with Crippen molar-refractivity contribution in [2.75, 3.05) is 0 Å². The summed E-state index contributed by atoms with van der Waals surface area (Å²) in [6.07, 6.45) is 5.66. The van der Waals surface area contributed by atoms with Gasteiger partial charge in [0.05, 0.1) is 0 Å². The molecule has 0 aliphatic rings. The summed E-state index contributed by atoms with van der Waals surface area (Å²) < 4.78 is 6.43. The maximum atomic E-state index is 11.0. The fourth-order valence-corrected chi connectivity index (χ4v) is 1.39. The minimum atomic E-state index is -0.113. The van der Waals surface area contributed by atoms with Crippen LogP contribution in [0.1, 0.15) is 25.0 Å². The van der Waals surface area contributed by atoms with Crippen LogP contribution in [-0.2, 0) is 0 Å². The van der Waals surface area contributed by atoms with Gasteiger partial charge in [-0.05, 0) is 0 Å². The molecular weight excluding hydrogens is 160 g/mol. The fraction of sp³-hybridized carbons (Fsp3) is 0.429. The van der Waals surface area contributed by atoms with E-state index in [9.17, 15) is 4.79 Å². The third-order valence-electron chi connectivity index (χ3n) is 1.41. The first kappa shape index (κ1) is 8.02. The van der Waals surface area contributed by atoms with Crippen molar-refractivity contribution in [3.63, 3.8) is 0 Å². The zero-order chi connectivity index (χ0) is 8.27. The lowest BCUT2D eigenvalue weighted by molar-refractivity contribution is 0.765. The van der Waals surface area contributed by atoms with Crippen molar-refractivity contribution >= 4 is 11.7 Å². The van der Waals surface area contributed by atoms with E-state index in [1.54, 1.807) is 0 Å². The van der Waals surface area contributed by atoms with Crippen molar-refractivity contribution in [2.24, 2.45) is 0 Å². The maximum absolute atomic E-state index is 11.0. The summed E-state index contributed by atoms with van der Waals surface area (Å²) in [5, 5.41) is 0. The second kappa shape index (κ2) is 3.35. The lowest BCUT2D eigenvalue weighted by atomic mass is 10.1. The molecule has 0 aliphatic heterocycles. The number of aromatic amines is 1. The predicted molar refractivity (Wildman–Crippen MR) is 44.6 cm³/mol. The Bertz CT molecular complexity index is 320. The summed E-state index contributed by atoms with van der Waals surface area (Å²) >= 11 is 1.06. The summed E-state index contributed by atoms with van der Waals surface area (Å²) in [5.74, 6) is 2.56. The number of terminal acetylenes is 1. The Morgan fingerprint density at radius 3 is 3.09 bits per heavy atom. The minimum Gasteiger partial charge on any atom is -0.267 e. The standard InChI is InChI=1S/C7H8N2OS/c1-3-4-5(2)6-7(10)9-11-8-6/h1,5H,4H2,2H3,(H,9,10)/t5-/m0/s1. The number of nitrogens with zero attached hydrogens (tertiary/aromatic N) is 1. The van der Waals surface area contributed by atoms with Crippen molar-refractivity contribution in [1.82, 2.24) is 8.75 Å². The normalized spacial score (nSPS) is 12.4. The molecule has 1 atom stereocenters. The van der Waals surface area contributed by atoms with Crippen LogP contribution in [0.15, 0.2) is 4.79 Å². The second-order valence-corrected chi connectivity index (χ2v) is 2.88. The van der Waals surface area contributed by atoms with Gasteiger partial charge in [-0.15, -0.1) is 12.3 Å². The van der Waals surface area contributed by atoms with Gasteiger partial charge in [-0.25, -0.2) is 0 Å². The highest BCUT2D eigenvalue weighted by Gasteiger charge is 2.10. The highest BCUT2D eigenvalue weighted by Crippen LogP contribution is 2.11. The summed E-state index contributed by atoms with van der Waals surface area (Å²) in [7, 11) is 0. The molecule has 0 bridgehead atoms. The highest BCUT2D eigenvalue weighted by atomic mass is 32.1. The number of H-pyrrole nitrogens is 1. The predicted octanol–water partition coefficient (Wildman–Crippen LogP) is 0.958. The summed E-state index contributed by atoms with van der Waals surface area (Å²) in [5.41, 5.74) is 0.436. The van der Waals surface area contributed by atoms with Crippen LogP contribution in [0, 0.1) is 12.3 Å². The van der Waals surface area contributed by atoms with Gasteiger partial charge in [0.2, 0.25) is 0 Å². The molecule has 0 saturated carbocycles. The van der Waals surface area contributed by atoms with Gasteiger partial charge in [0.15, 0.2) is 0 Å². The molecule has 1 aromatic rings. The highest BCUT2D eigenvalue weighted by molar-refractivity contribution is 6.99. The van der Waals surface area contributed by atoms with Crippen LogP contribution in [0.4, 0.5) is 0 Å². The lowest BCUT2D eigenvalue weighted by Gasteiger charge is -1.98. The van der Waals surface area contributed by atoms with Gasteiger partial charge < -0.3 is 0 Å². The van der Waals surface area contributed by atoms with Gasteiger partial charge in [0.25, 0.3) is 5.56 Å². The van der Waals surface area contributed by atoms with E-state index in [1.807, 2.05) is 6.92 Å². The van der Waals surface area contributed by atoms with E-state index in [4.69, 9.17) is 6.42 Å². The maximum Gasteiger partial charge on any atom is 0.281 e. The molecule has 11 heavy (non-hydrogen) atoms. The smallest absolute Gasteiger partial charge is 0.267 e. The third-order valence-corrected chi connectivity index (χ3v) is 1.97. The zero-order valence-corrected chi connectivity index (χ0v) is 6.94. The largest absolute Gasteiger partial charge is 0.281 e. The summed E-state index contributed by atoms with van der Waals surface area (Å²) in [4.78, 5) is 11.0. The Balaban J connectivity index is 2.86. The summed E-state index contributed by atoms with van der Waals surface area (Å²) in [6.45, 7) is 1.89. The molecule has 0 unspecified atom stereocenters. The molecule has 0 saturated heterocycles. The molecule has 1 rings (SSSR count). The molecule has 0 amide bonds. The Labute approximate surface area is 68.8 Å². The van der Waals surface area contributed by atoms with Crippen LogP contribution in [0.2, 0.25) is 0 Å². The van der Waals surface area contributed by atoms with E-state index in [-0.39, 0.29) is 11.5 Å². The van der Waals surface area contributed by atoms with Gasteiger partial charge in [-0.3, -0.25) is 9.17 Å². The molecule has 58 valence electrons. The van der Waals surface area contributed by atoms with Crippen molar-refractivity contribution in [2.45, 2.75) is 19.3 Å². The number of hydrogen-bond donors (Lipinski definition) is 1. The molecule has 1 aromatic heterocycles. The van der Waals surface area contributed by atoms with Crippen LogP contribution in [0.5, 0.6) is 0 Å². The van der Waals surface area contributed by atoms with E-state index in [1.165, 1.54) is 0 Å². The van der Waals surface area contributed by atoms with E-state index in [0.29, 0.717) is 12.1 Å². The van der Waals surface area contributed by atoms with Gasteiger partial charge in [-0.2, -0.15) is 4.37 Å². The Morgan fingerprint density at radius 2 is 2.64 bits per heavy atom. The van der Waals surface area contributed by atoms with E-state index >= 15 is 0 Å². The van der Waals surface area contributed by atoms with Crippen molar-refractivity contribution in [1.29, 1.82) is 0 Å². The molecule has 1 heterocycles. The first-order valence-corrected chi connectivity index (χ1v) is 4.00. The van der Waals surface area contributed by atoms with Crippen LogP contribution >= 0.6 is 11.7 Å². The number of hydrogen-bond acceptors (Lipinski definition) is 3. The molecule has 0 radical (unpaired) electrons. The van der Waals surface area contributed by atoms with Gasteiger partial charge in [-0.1, -0.05) is 6.92 Å². The Hall–Kier alpha value is -1.08. The van der Waals surface area contributed by atoms with Gasteiger partial charge in [0, 0.05) is 24.1 Å². The quantitative estimate of drug-likeness (QED) is 0.668. The first-order valence-electron chi connectivity index (χ1n) is 3.23. The van der Waals surface area contributed by atoms with Crippen molar-refractivity contribution < 1.29 is 0 Å². The number of rotatable bonds is 2. The Morgan fingerprint density at radius 1 is 1.91 bits per heavy atom. The average Bonchev–Trinajstić information content (AvgIpc) is 2.36. The van der Waals surface area contributed by atoms with E-state index in [0.717, 1.165) is 11.7 Å². The molecule has 0 spiro atoms. The van der Waals surface area contributed by atoms with Crippen LogP contribution in [0.25, 0.3) is 0 Å². The monoisotopic (exact) mass is 168 g/mol. The minimum absolute atomic E-state index is 0.0648. The second-order valence-electron chi connectivity index (χ2n) is 2.31. The van der Waals surface area contributed by atoms with Crippen LogP contribution in [-0.4, -0.2) is 8.75 Å². The molecule has 1 N–H and O–H groups in total. The number of aromatic nitrogens is 2. The van der Waals surface area contributed by atoms with Gasteiger partial charge in [0.1, 0.15) is 5.69 Å². The molecule has 0 aliphatic carbocycles. The molecule has 0 fully saturated rings. The number of nitrogens with one attached hydrogen (secondary N) is 1. The van der Waals surface area contributed by atoms with Crippen LogP contribution < -0.4 is 5.56 Å². The fourth-order valence-electron chi connectivity index (χ4n) is 0.794. The van der Waals surface area contributed by atoms with Crippen LogP contribution in [0.3, 0.4) is 0 Å². The van der Waals surface area contributed by atoms with Gasteiger partial charge >= 0.3 is 0 Å². The topological polar surface area (TPSA) is 45.8 Å². The van der Waals surface area contributed by atoms with E-state index in [2.05, 4.69) is 14.7 Å². The first-order chi connectivity index (χ1) is 5.25. The lowest BCUT2D eigenvalue weighted by Crippen LogP contribution is -2.09. The summed E-state index contributed by atoms with van der Waals surface area (Å²) in [6, 6.07) is 0.